The smallest absolute Gasteiger partial charge is 0.317 e. The fourth-order valence-corrected chi connectivity index (χ4v) is 3.92. The van der Waals surface area contributed by atoms with Crippen LogP contribution in [0.3, 0.4) is 0 Å². The Kier molecular flexibility index (Phi) is 5.64. The van der Waals surface area contributed by atoms with E-state index in [-0.39, 0.29) is 6.03 Å². The molecule has 0 fully saturated rings. The molecule has 0 bridgehead atoms. The summed E-state index contributed by atoms with van der Waals surface area (Å²) in [4.78, 5) is 14.1. The van der Waals surface area contributed by atoms with Crippen LogP contribution in [0.1, 0.15) is 16.7 Å². The molecule has 1 aliphatic heterocycles. The SMILES string of the molecule is O=C(NCC[S@](=O)Cc1ccccc1)N1CCc2ccccc2C1. The highest BCUT2D eigenvalue weighted by Gasteiger charge is 2.19. The summed E-state index contributed by atoms with van der Waals surface area (Å²) < 4.78 is 12.1. The molecule has 0 aromatic heterocycles. The number of carbonyl (C=O) groups excluding carboxylic acids is 1. The van der Waals surface area contributed by atoms with Gasteiger partial charge in [-0.05, 0) is 23.1 Å². The standard InChI is InChI=1S/C19H22N2O2S/c22-19(21-12-10-17-8-4-5-9-18(17)14-21)20-11-13-24(23)15-16-6-2-1-3-7-16/h1-9H,10-15H2,(H,20,22)/t24-/m0/s1. The van der Waals surface area contributed by atoms with Crippen LogP contribution in [0.15, 0.2) is 54.6 Å². The number of fused-ring (bicyclic) bond motifs is 1. The number of nitrogens with zero attached hydrogens (tertiary/aromatic N) is 1. The van der Waals surface area contributed by atoms with Crippen LogP contribution in [0.2, 0.25) is 0 Å². The molecular formula is C19H22N2O2S. The molecule has 0 unspecified atom stereocenters. The fraction of sp³-hybridized carbons (Fsp3) is 0.316. The molecule has 5 heteroatoms. The number of carbonyl (C=O) groups is 1. The predicted octanol–water partition coefficient (Wildman–Crippen LogP) is 2.70. The number of nitrogens with one attached hydrogen (secondary N) is 1. The van der Waals surface area contributed by atoms with Gasteiger partial charge in [0.1, 0.15) is 0 Å². The average molecular weight is 342 g/mol. The van der Waals surface area contributed by atoms with Crippen LogP contribution >= 0.6 is 0 Å². The molecule has 1 atom stereocenters. The lowest BCUT2D eigenvalue weighted by Crippen LogP contribution is -2.43. The Morgan fingerprint density at radius 3 is 2.54 bits per heavy atom. The van der Waals surface area contributed by atoms with Gasteiger partial charge in [-0.1, -0.05) is 54.6 Å². The summed E-state index contributed by atoms with van der Waals surface area (Å²) in [6.45, 7) is 1.82. The fourth-order valence-electron chi connectivity index (χ4n) is 2.88. The van der Waals surface area contributed by atoms with Crippen LogP contribution < -0.4 is 5.32 Å². The normalized spacial score (nSPS) is 14.8. The van der Waals surface area contributed by atoms with Crippen LogP contribution in [-0.4, -0.2) is 34.0 Å². The number of rotatable bonds is 5. The Labute approximate surface area is 145 Å². The number of amides is 2. The molecule has 0 saturated carbocycles. The zero-order chi connectivity index (χ0) is 16.8. The van der Waals surface area contributed by atoms with Gasteiger partial charge < -0.3 is 10.2 Å². The molecule has 0 radical (unpaired) electrons. The van der Waals surface area contributed by atoms with Crippen LogP contribution in [0, 0.1) is 0 Å². The number of benzene rings is 2. The van der Waals surface area contributed by atoms with Gasteiger partial charge >= 0.3 is 6.03 Å². The molecule has 1 N–H and O–H groups in total. The molecule has 2 aromatic rings. The quantitative estimate of drug-likeness (QED) is 0.908. The van der Waals surface area contributed by atoms with E-state index in [4.69, 9.17) is 0 Å². The summed E-state index contributed by atoms with van der Waals surface area (Å²) >= 11 is 0. The van der Waals surface area contributed by atoms with E-state index in [9.17, 15) is 9.00 Å². The summed E-state index contributed by atoms with van der Waals surface area (Å²) in [6, 6.07) is 18.0. The van der Waals surface area contributed by atoms with Gasteiger partial charge in [0, 0.05) is 41.9 Å². The van der Waals surface area contributed by atoms with Crippen LogP contribution in [-0.2, 0) is 29.5 Å². The molecular weight excluding hydrogens is 320 g/mol. The van der Waals surface area contributed by atoms with Gasteiger partial charge in [0.15, 0.2) is 0 Å². The highest BCUT2D eigenvalue weighted by atomic mass is 32.2. The first-order chi connectivity index (χ1) is 11.7. The van der Waals surface area contributed by atoms with Crippen molar-refractivity contribution < 1.29 is 9.00 Å². The van der Waals surface area contributed by atoms with Crippen molar-refractivity contribution in [2.75, 3.05) is 18.8 Å². The Balaban J connectivity index is 1.42. The minimum atomic E-state index is -0.962. The molecule has 3 rings (SSSR count). The van der Waals surface area contributed by atoms with Crippen LogP contribution in [0.4, 0.5) is 4.79 Å². The summed E-state index contributed by atoms with van der Waals surface area (Å²) in [5, 5.41) is 2.89. The van der Waals surface area contributed by atoms with Crippen LogP contribution in [0.5, 0.6) is 0 Å². The van der Waals surface area contributed by atoms with Crippen molar-refractivity contribution in [1.29, 1.82) is 0 Å². The minimum Gasteiger partial charge on any atom is -0.337 e. The minimum absolute atomic E-state index is 0.0683. The van der Waals surface area contributed by atoms with E-state index in [0.29, 0.717) is 24.6 Å². The predicted molar refractivity (Wildman–Crippen MR) is 97.1 cm³/mol. The highest BCUT2D eigenvalue weighted by molar-refractivity contribution is 7.84. The summed E-state index contributed by atoms with van der Waals surface area (Å²) in [7, 11) is -0.962. The Hall–Kier alpha value is -2.14. The van der Waals surface area contributed by atoms with Crippen molar-refractivity contribution in [2.24, 2.45) is 0 Å². The molecule has 24 heavy (non-hydrogen) atoms. The van der Waals surface area contributed by atoms with Gasteiger partial charge in [-0.15, -0.1) is 0 Å². The molecule has 4 nitrogen and oxygen atoms in total. The van der Waals surface area contributed by atoms with Crippen molar-refractivity contribution in [2.45, 2.75) is 18.7 Å². The summed E-state index contributed by atoms with van der Waals surface area (Å²) in [5.74, 6) is 1.01. The monoisotopic (exact) mass is 342 g/mol. The zero-order valence-electron chi connectivity index (χ0n) is 13.6. The lowest BCUT2D eigenvalue weighted by Gasteiger charge is -2.28. The van der Waals surface area contributed by atoms with Crippen LogP contribution in [0.25, 0.3) is 0 Å². The van der Waals surface area contributed by atoms with Gasteiger partial charge in [-0.2, -0.15) is 0 Å². The van der Waals surface area contributed by atoms with E-state index in [1.54, 1.807) is 0 Å². The molecule has 2 amide bonds. The third-order valence-corrected chi connectivity index (χ3v) is 5.51. The van der Waals surface area contributed by atoms with Crippen molar-refractivity contribution in [1.82, 2.24) is 10.2 Å². The third-order valence-electron chi connectivity index (χ3n) is 4.19. The Morgan fingerprint density at radius 1 is 1.04 bits per heavy atom. The maximum Gasteiger partial charge on any atom is 0.317 e. The first-order valence-corrected chi connectivity index (χ1v) is 9.69. The largest absolute Gasteiger partial charge is 0.337 e. The molecule has 126 valence electrons. The summed E-state index contributed by atoms with van der Waals surface area (Å²) in [5.41, 5.74) is 3.60. The second-order valence-electron chi connectivity index (χ2n) is 5.95. The van der Waals surface area contributed by atoms with Crippen molar-refractivity contribution in [3.05, 3.63) is 71.3 Å². The first-order valence-electron chi connectivity index (χ1n) is 8.21. The highest BCUT2D eigenvalue weighted by Crippen LogP contribution is 2.18. The van der Waals surface area contributed by atoms with Gasteiger partial charge in [0.25, 0.3) is 0 Å². The van der Waals surface area contributed by atoms with Crippen molar-refractivity contribution >= 4 is 16.8 Å². The number of urea groups is 1. The maximum absolute atomic E-state index is 12.3. The van der Waals surface area contributed by atoms with E-state index in [2.05, 4.69) is 17.4 Å². The number of hydrogen-bond acceptors (Lipinski definition) is 2. The Morgan fingerprint density at radius 2 is 1.75 bits per heavy atom. The van der Waals surface area contributed by atoms with E-state index in [1.807, 2.05) is 47.4 Å². The molecule has 1 aliphatic rings. The van der Waals surface area contributed by atoms with Gasteiger partial charge in [0.05, 0.1) is 0 Å². The zero-order valence-corrected chi connectivity index (χ0v) is 14.4. The third kappa shape index (κ3) is 4.45. The molecule has 0 saturated heterocycles. The lowest BCUT2D eigenvalue weighted by molar-refractivity contribution is 0.193. The van der Waals surface area contributed by atoms with Crippen molar-refractivity contribution in [3.8, 4) is 0 Å². The number of hydrogen-bond donors (Lipinski definition) is 1. The second-order valence-corrected chi connectivity index (χ2v) is 7.52. The topological polar surface area (TPSA) is 49.4 Å². The maximum atomic E-state index is 12.3. The van der Waals surface area contributed by atoms with Gasteiger partial charge in [-0.25, -0.2) is 4.79 Å². The Bertz CT molecular complexity index is 718. The lowest BCUT2D eigenvalue weighted by atomic mass is 10.0. The second kappa shape index (κ2) is 8.11. The van der Waals surface area contributed by atoms with E-state index >= 15 is 0 Å². The van der Waals surface area contributed by atoms with Gasteiger partial charge in [0.2, 0.25) is 0 Å². The van der Waals surface area contributed by atoms with E-state index in [0.717, 1.165) is 18.5 Å². The molecule has 0 aliphatic carbocycles. The molecule has 0 spiro atoms. The van der Waals surface area contributed by atoms with Crippen molar-refractivity contribution in [3.63, 3.8) is 0 Å². The van der Waals surface area contributed by atoms with E-state index < -0.39 is 10.8 Å². The van der Waals surface area contributed by atoms with Gasteiger partial charge in [-0.3, -0.25) is 4.21 Å². The van der Waals surface area contributed by atoms with E-state index in [1.165, 1.54) is 11.1 Å². The average Bonchev–Trinajstić information content (AvgIpc) is 2.62. The molecule has 2 aromatic carbocycles. The molecule has 1 heterocycles. The summed E-state index contributed by atoms with van der Waals surface area (Å²) in [6.07, 6.45) is 0.892. The first kappa shape index (κ1) is 16.7.